The van der Waals surface area contributed by atoms with E-state index in [1.807, 2.05) is 26.1 Å². The van der Waals surface area contributed by atoms with Crippen molar-refractivity contribution in [3.8, 4) is 0 Å². The summed E-state index contributed by atoms with van der Waals surface area (Å²) < 4.78 is 2.09. The van der Waals surface area contributed by atoms with Gasteiger partial charge in [-0.05, 0) is 32.4 Å². The largest absolute Gasteiger partial charge is 0.384 e. The zero-order chi connectivity index (χ0) is 12.8. The van der Waals surface area contributed by atoms with Gasteiger partial charge in [0.1, 0.15) is 5.60 Å². The number of hydrogen-bond acceptors (Lipinski definition) is 2. The van der Waals surface area contributed by atoms with E-state index in [1.165, 1.54) is 5.52 Å². The molecule has 0 aliphatic carbocycles. The molecular formula is C15H20N2O. The minimum atomic E-state index is -0.808. The first kappa shape index (κ1) is 11.8. The zero-order valence-electron chi connectivity index (χ0n) is 11.0. The number of rotatable bonds is 2. The molecule has 3 rings (SSSR count). The Bertz CT molecular complexity index is 565. The van der Waals surface area contributed by atoms with Crippen LogP contribution in [-0.4, -0.2) is 22.3 Å². The molecule has 2 unspecified atom stereocenters. The fourth-order valence-corrected chi connectivity index (χ4v) is 3.10. The summed E-state index contributed by atoms with van der Waals surface area (Å²) in [5.74, 6) is 0. The molecule has 0 bridgehead atoms. The van der Waals surface area contributed by atoms with Gasteiger partial charge in [0.25, 0.3) is 0 Å². The van der Waals surface area contributed by atoms with Gasteiger partial charge in [0, 0.05) is 35.8 Å². The molecule has 0 saturated carbocycles. The molecule has 1 saturated heterocycles. The zero-order valence-corrected chi connectivity index (χ0v) is 11.0. The predicted molar refractivity (Wildman–Crippen MR) is 73.5 cm³/mol. The van der Waals surface area contributed by atoms with E-state index in [0.717, 1.165) is 30.3 Å². The maximum absolute atomic E-state index is 10.9. The second-order valence-electron chi connectivity index (χ2n) is 5.47. The van der Waals surface area contributed by atoms with Crippen LogP contribution in [0.25, 0.3) is 10.9 Å². The monoisotopic (exact) mass is 244 g/mol. The molecular weight excluding hydrogens is 224 g/mol. The van der Waals surface area contributed by atoms with Crippen molar-refractivity contribution in [1.82, 2.24) is 9.88 Å². The van der Waals surface area contributed by atoms with Crippen LogP contribution in [0.1, 0.15) is 25.3 Å². The molecule has 1 aromatic heterocycles. The molecule has 0 amide bonds. The number of hydrogen-bond donors (Lipinski definition) is 2. The van der Waals surface area contributed by atoms with Gasteiger partial charge >= 0.3 is 0 Å². The molecule has 3 heteroatoms. The lowest BCUT2D eigenvalue weighted by atomic mass is 9.87. The molecule has 3 nitrogen and oxygen atoms in total. The van der Waals surface area contributed by atoms with Crippen LogP contribution >= 0.6 is 0 Å². The van der Waals surface area contributed by atoms with Gasteiger partial charge in [-0.1, -0.05) is 18.2 Å². The third kappa shape index (κ3) is 1.66. The molecule has 0 radical (unpaired) electrons. The van der Waals surface area contributed by atoms with Crippen LogP contribution in [0.4, 0.5) is 0 Å². The first-order chi connectivity index (χ1) is 8.60. The molecule has 1 aliphatic rings. The summed E-state index contributed by atoms with van der Waals surface area (Å²) in [6.07, 6.45) is 4.24. The molecule has 0 spiro atoms. The lowest BCUT2D eigenvalue weighted by molar-refractivity contribution is 0.0231. The average molecular weight is 244 g/mol. The van der Waals surface area contributed by atoms with Crippen LogP contribution in [0.2, 0.25) is 0 Å². The van der Waals surface area contributed by atoms with Gasteiger partial charge in [0.15, 0.2) is 0 Å². The summed E-state index contributed by atoms with van der Waals surface area (Å²) in [4.78, 5) is 0. The van der Waals surface area contributed by atoms with E-state index in [-0.39, 0.29) is 6.04 Å². The van der Waals surface area contributed by atoms with Crippen molar-refractivity contribution < 1.29 is 5.11 Å². The number of nitrogens with zero attached hydrogens (tertiary/aromatic N) is 1. The number of aliphatic hydroxyl groups is 1. The van der Waals surface area contributed by atoms with E-state index in [2.05, 4.69) is 28.2 Å². The molecule has 2 aromatic rings. The molecule has 96 valence electrons. The van der Waals surface area contributed by atoms with Crippen molar-refractivity contribution in [3.05, 3.63) is 36.0 Å². The van der Waals surface area contributed by atoms with E-state index >= 15 is 0 Å². The third-order valence-electron chi connectivity index (χ3n) is 4.18. The van der Waals surface area contributed by atoms with Crippen molar-refractivity contribution >= 4 is 10.9 Å². The highest BCUT2D eigenvalue weighted by Gasteiger charge is 2.37. The van der Waals surface area contributed by atoms with Crippen LogP contribution in [0.15, 0.2) is 30.5 Å². The quantitative estimate of drug-likeness (QED) is 0.849. The minimum absolute atomic E-state index is 0.156. The van der Waals surface area contributed by atoms with E-state index < -0.39 is 5.60 Å². The predicted octanol–water partition coefficient (Wildman–Crippen LogP) is 2.14. The highest BCUT2D eigenvalue weighted by atomic mass is 16.3. The van der Waals surface area contributed by atoms with Gasteiger partial charge in [-0.25, -0.2) is 0 Å². The smallest absolute Gasteiger partial charge is 0.104 e. The number of para-hydroxylation sites is 1. The Labute approximate surface area is 107 Å². The van der Waals surface area contributed by atoms with Gasteiger partial charge in [0.2, 0.25) is 0 Å². The van der Waals surface area contributed by atoms with E-state index in [9.17, 15) is 5.11 Å². The SMILES string of the molecule is Cn1cc(C(C)(O)C2CCCN2)c2ccccc21. The topological polar surface area (TPSA) is 37.2 Å². The van der Waals surface area contributed by atoms with E-state index in [4.69, 9.17) is 0 Å². The van der Waals surface area contributed by atoms with Crippen LogP contribution in [0.5, 0.6) is 0 Å². The van der Waals surface area contributed by atoms with Crippen LogP contribution in [-0.2, 0) is 12.6 Å². The summed E-state index contributed by atoms with van der Waals surface area (Å²) in [6, 6.07) is 8.41. The Kier molecular flexibility index (Phi) is 2.68. The lowest BCUT2D eigenvalue weighted by Gasteiger charge is -2.30. The molecule has 1 fully saturated rings. The Hall–Kier alpha value is -1.32. The first-order valence-corrected chi connectivity index (χ1v) is 6.61. The van der Waals surface area contributed by atoms with Crippen LogP contribution in [0, 0.1) is 0 Å². The highest BCUT2D eigenvalue weighted by Crippen LogP contribution is 2.35. The van der Waals surface area contributed by atoms with Crippen molar-refractivity contribution in [2.75, 3.05) is 6.54 Å². The van der Waals surface area contributed by atoms with Gasteiger partial charge in [-0.15, -0.1) is 0 Å². The van der Waals surface area contributed by atoms with E-state index in [1.54, 1.807) is 0 Å². The van der Waals surface area contributed by atoms with Crippen molar-refractivity contribution in [2.45, 2.75) is 31.4 Å². The number of aryl methyl sites for hydroxylation is 1. The van der Waals surface area contributed by atoms with E-state index in [0.29, 0.717) is 0 Å². The molecule has 1 aliphatic heterocycles. The Morgan fingerprint density at radius 1 is 1.39 bits per heavy atom. The molecule has 18 heavy (non-hydrogen) atoms. The number of benzene rings is 1. The second-order valence-corrected chi connectivity index (χ2v) is 5.47. The number of nitrogens with one attached hydrogen (secondary N) is 1. The van der Waals surface area contributed by atoms with Gasteiger partial charge in [0.05, 0.1) is 0 Å². The van der Waals surface area contributed by atoms with Crippen molar-refractivity contribution in [2.24, 2.45) is 7.05 Å². The minimum Gasteiger partial charge on any atom is -0.384 e. The Morgan fingerprint density at radius 2 is 2.17 bits per heavy atom. The summed E-state index contributed by atoms with van der Waals surface area (Å²) >= 11 is 0. The highest BCUT2D eigenvalue weighted by molar-refractivity contribution is 5.84. The fourth-order valence-electron chi connectivity index (χ4n) is 3.10. The average Bonchev–Trinajstić information content (AvgIpc) is 2.98. The number of fused-ring (bicyclic) bond motifs is 1. The van der Waals surface area contributed by atoms with Crippen molar-refractivity contribution in [1.29, 1.82) is 0 Å². The summed E-state index contributed by atoms with van der Waals surface area (Å²) in [6.45, 7) is 2.93. The number of aromatic nitrogens is 1. The molecule has 2 heterocycles. The maximum atomic E-state index is 10.9. The fraction of sp³-hybridized carbons (Fsp3) is 0.467. The second kappa shape index (κ2) is 4.11. The maximum Gasteiger partial charge on any atom is 0.104 e. The molecule has 1 aromatic carbocycles. The standard InChI is InChI=1S/C15H20N2O/c1-15(18,14-8-5-9-16-14)12-10-17(2)13-7-4-3-6-11(12)13/h3-4,6-7,10,14,16,18H,5,8-9H2,1-2H3. The molecule has 2 N–H and O–H groups in total. The van der Waals surface area contributed by atoms with Crippen LogP contribution in [0.3, 0.4) is 0 Å². The van der Waals surface area contributed by atoms with Crippen molar-refractivity contribution in [3.63, 3.8) is 0 Å². The Morgan fingerprint density at radius 3 is 2.89 bits per heavy atom. The summed E-state index contributed by atoms with van der Waals surface area (Å²) in [7, 11) is 2.03. The van der Waals surface area contributed by atoms with Crippen LogP contribution < -0.4 is 5.32 Å². The van der Waals surface area contributed by atoms with Gasteiger partial charge in [-0.2, -0.15) is 0 Å². The summed E-state index contributed by atoms with van der Waals surface area (Å²) in [5.41, 5.74) is 1.39. The summed E-state index contributed by atoms with van der Waals surface area (Å²) in [5, 5.41) is 15.5. The Balaban J connectivity index is 2.13. The third-order valence-corrected chi connectivity index (χ3v) is 4.18. The first-order valence-electron chi connectivity index (χ1n) is 6.61. The lowest BCUT2D eigenvalue weighted by Crippen LogP contribution is -2.42. The van der Waals surface area contributed by atoms with Gasteiger partial charge < -0.3 is 15.0 Å². The molecule has 2 atom stereocenters. The van der Waals surface area contributed by atoms with Gasteiger partial charge in [-0.3, -0.25) is 0 Å². The normalized spacial score (nSPS) is 23.4.